The molecule has 0 radical (unpaired) electrons. The second-order valence-electron chi connectivity index (χ2n) is 4.96. The third-order valence-electron chi connectivity index (χ3n) is 2.95. The van der Waals surface area contributed by atoms with Crippen molar-refractivity contribution in [3.05, 3.63) is 35.6 Å². The maximum Gasteiger partial charge on any atom is 0.224 e. The molecule has 0 aromatic heterocycles. The fourth-order valence-corrected chi connectivity index (χ4v) is 3.37. The molecule has 1 aromatic rings. The summed E-state index contributed by atoms with van der Waals surface area (Å²) in [5.74, 6) is 1.29. The summed E-state index contributed by atoms with van der Waals surface area (Å²) in [5.41, 5.74) is 1.01. The summed E-state index contributed by atoms with van der Waals surface area (Å²) in [6, 6.07) is 6.46. The predicted octanol–water partition coefficient (Wildman–Crippen LogP) is 3.45. The third-order valence-corrected chi connectivity index (χ3v) is 4.21. The van der Waals surface area contributed by atoms with Gasteiger partial charge in [0.25, 0.3) is 0 Å². The standard InChI is InChI=1S/C14H18FNOS/c1-10(2)9-13(17)16-7-8-18-14(16)11-3-5-12(15)6-4-11/h3-6,10,14H,7-9H2,1-2H3. The van der Waals surface area contributed by atoms with Crippen molar-refractivity contribution in [2.75, 3.05) is 12.3 Å². The van der Waals surface area contributed by atoms with Crippen molar-refractivity contribution in [2.45, 2.75) is 25.6 Å². The van der Waals surface area contributed by atoms with E-state index in [1.54, 1.807) is 23.9 Å². The lowest BCUT2D eigenvalue weighted by Crippen LogP contribution is -2.31. The van der Waals surface area contributed by atoms with Crippen LogP contribution in [-0.2, 0) is 4.79 Å². The Hall–Kier alpha value is -1.03. The van der Waals surface area contributed by atoms with Crippen LogP contribution in [0.25, 0.3) is 0 Å². The summed E-state index contributed by atoms with van der Waals surface area (Å²) >= 11 is 1.75. The molecule has 0 saturated carbocycles. The molecule has 1 atom stereocenters. The van der Waals surface area contributed by atoms with Gasteiger partial charge in [-0.05, 0) is 23.6 Å². The molecular weight excluding hydrogens is 249 g/mol. The summed E-state index contributed by atoms with van der Waals surface area (Å²) in [4.78, 5) is 14.1. The molecular formula is C14H18FNOS. The Labute approximate surface area is 112 Å². The molecule has 1 saturated heterocycles. The number of hydrogen-bond acceptors (Lipinski definition) is 2. The number of benzene rings is 1. The van der Waals surface area contributed by atoms with Gasteiger partial charge in [0, 0.05) is 18.7 Å². The van der Waals surface area contributed by atoms with Gasteiger partial charge in [0.2, 0.25) is 5.91 Å². The number of amides is 1. The molecule has 1 unspecified atom stereocenters. The molecule has 0 spiro atoms. The van der Waals surface area contributed by atoms with E-state index in [4.69, 9.17) is 0 Å². The van der Waals surface area contributed by atoms with E-state index in [9.17, 15) is 9.18 Å². The normalized spacial score (nSPS) is 19.6. The predicted molar refractivity (Wildman–Crippen MR) is 72.8 cm³/mol. The molecule has 2 nitrogen and oxygen atoms in total. The van der Waals surface area contributed by atoms with Gasteiger partial charge in [-0.2, -0.15) is 0 Å². The van der Waals surface area contributed by atoms with Crippen LogP contribution in [0, 0.1) is 11.7 Å². The summed E-state index contributed by atoms with van der Waals surface area (Å²) in [6.07, 6.45) is 0.582. The highest BCUT2D eigenvalue weighted by atomic mass is 32.2. The number of carbonyl (C=O) groups excluding carboxylic acids is 1. The SMILES string of the molecule is CC(C)CC(=O)N1CCSC1c1ccc(F)cc1. The van der Waals surface area contributed by atoms with Crippen molar-refractivity contribution in [1.82, 2.24) is 4.90 Å². The zero-order valence-electron chi connectivity index (χ0n) is 10.7. The monoisotopic (exact) mass is 267 g/mol. The van der Waals surface area contributed by atoms with Crippen LogP contribution in [0.1, 0.15) is 31.2 Å². The van der Waals surface area contributed by atoms with Gasteiger partial charge < -0.3 is 4.90 Å². The van der Waals surface area contributed by atoms with Gasteiger partial charge in [0.1, 0.15) is 11.2 Å². The zero-order chi connectivity index (χ0) is 13.1. The maximum absolute atomic E-state index is 12.9. The van der Waals surface area contributed by atoms with Gasteiger partial charge in [-0.3, -0.25) is 4.79 Å². The first kappa shape index (κ1) is 13.4. The van der Waals surface area contributed by atoms with Crippen molar-refractivity contribution in [1.29, 1.82) is 0 Å². The molecule has 1 aromatic carbocycles. The van der Waals surface area contributed by atoms with Crippen molar-refractivity contribution in [3.8, 4) is 0 Å². The van der Waals surface area contributed by atoms with Crippen LogP contribution in [0.15, 0.2) is 24.3 Å². The average molecular weight is 267 g/mol. The molecule has 0 aliphatic carbocycles. The van der Waals surface area contributed by atoms with Gasteiger partial charge >= 0.3 is 0 Å². The second-order valence-corrected chi connectivity index (χ2v) is 6.15. The number of nitrogens with zero attached hydrogens (tertiary/aromatic N) is 1. The van der Waals surface area contributed by atoms with E-state index in [1.165, 1.54) is 12.1 Å². The first-order valence-electron chi connectivity index (χ1n) is 6.24. The minimum Gasteiger partial charge on any atom is -0.326 e. The van der Waals surface area contributed by atoms with E-state index in [2.05, 4.69) is 0 Å². The highest BCUT2D eigenvalue weighted by Gasteiger charge is 2.30. The summed E-state index contributed by atoms with van der Waals surface area (Å²) in [6.45, 7) is 4.89. The molecule has 2 rings (SSSR count). The van der Waals surface area contributed by atoms with E-state index < -0.39 is 0 Å². The molecule has 18 heavy (non-hydrogen) atoms. The van der Waals surface area contributed by atoms with Crippen LogP contribution in [0.5, 0.6) is 0 Å². The van der Waals surface area contributed by atoms with Gasteiger partial charge in [0.05, 0.1) is 0 Å². The van der Waals surface area contributed by atoms with Gasteiger partial charge in [0.15, 0.2) is 0 Å². The minimum absolute atomic E-state index is 0.0526. The fraction of sp³-hybridized carbons (Fsp3) is 0.500. The maximum atomic E-state index is 12.9. The van der Waals surface area contributed by atoms with Crippen LogP contribution in [0.3, 0.4) is 0 Å². The lowest BCUT2D eigenvalue weighted by Gasteiger charge is -2.25. The fourth-order valence-electron chi connectivity index (χ4n) is 2.10. The topological polar surface area (TPSA) is 20.3 Å². The summed E-state index contributed by atoms with van der Waals surface area (Å²) in [5, 5.41) is 0.0526. The van der Waals surface area contributed by atoms with Crippen LogP contribution >= 0.6 is 11.8 Å². The number of halogens is 1. The Morgan fingerprint density at radius 1 is 1.44 bits per heavy atom. The zero-order valence-corrected chi connectivity index (χ0v) is 11.5. The molecule has 1 aliphatic rings. The molecule has 1 heterocycles. The van der Waals surface area contributed by atoms with Crippen molar-refractivity contribution in [3.63, 3.8) is 0 Å². The largest absolute Gasteiger partial charge is 0.326 e. The van der Waals surface area contributed by atoms with Gasteiger partial charge in [-0.25, -0.2) is 4.39 Å². The van der Waals surface area contributed by atoms with Crippen LogP contribution in [0.2, 0.25) is 0 Å². The minimum atomic E-state index is -0.234. The number of rotatable bonds is 3. The van der Waals surface area contributed by atoms with Crippen LogP contribution < -0.4 is 0 Å². The van der Waals surface area contributed by atoms with E-state index in [-0.39, 0.29) is 17.1 Å². The number of carbonyl (C=O) groups is 1. The number of thioether (sulfide) groups is 1. The van der Waals surface area contributed by atoms with Crippen LogP contribution in [-0.4, -0.2) is 23.1 Å². The highest BCUT2D eigenvalue weighted by Crippen LogP contribution is 2.38. The Morgan fingerprint density at radius 3 is 2.72 bits per heavy atom. The summed E-state index contributed by atoms with van der Waals surface area (Å²) in [7, 11) is 0. The Balaban J connectivity index is 2.12. The molecule has 0 N–H and O–H groups in total. The lowest BCUT2D eigenvalue weighted by atomic mass is 10.1. The number of hydrogen-bond donors (Lipinski definition) is 0. The van der Waals surface area contributed by atoms with E-state index in [0.717, 1.165) is 17.9 Å². The molecule has 4 heteroatoms. The Kier molecular flexibility index (Phi) is 4.27. The molecule has 1 amide bonds. The second kappa shape index (κ2) is 5.74. The molecule has 1 aliphatic heterocycles. The average Bonchev–Trinajstić information content (AvgIpc) is 2.78. The highest BCUT2D eigenvalue weighted by molar-refractivity contribution is 7.99. The van der Waals surface area contributed by atoms with Crippen molar-refractivity contribution in [2.24, 2.45) is 5.92 Å². The Bertz CT molecular complexity index is 418. The Morgan fingerprint density at radius 2 is 2.11 bits per heavy atom. The smallest absolute Gasteiger partial charge is 0.224 e. The van der Waals surface area contributed by atoms with E-state index in [0.29, 0.717) is 12.3 Å². The van der Waals surface area contributed by atoms with Gasteiger partial charge in [-0.1, -0.05) is 26.0 Å². The first-order valence-corrected chi connectivity index (χ1v) is 7.29. The summed E-state index contributed by atoms with van der Waals surface area (Å²) < 4.78 is 12.9. The van der Waals surface area contributed by atoms with E-state index in [1.807, 2.05) is 18.7 Å². The molecule has 0 bridgehead atoms. The van der Waals surface area contributed by atoms with E-state index >= 15 is 0 Å². The quantitative estimate of drug-likeness (QED) is 0.836. The molecule has 98 valence electrons. The first-order chi connectivity index (χ1) is 8.58. The van der Waals surface area contributed by atoms with Gasteiger partial charge in [-0.15, -0.1) is 11.8 Å². The van der Waals surface area contributed by atoms with Crippen LogP contribution in [0.4, 0.5) is 4.39 Å². The van der Waals surface area contributed by atoms with Crippen molar-refractivity contribution >= 4 is 17.7 Å². The lowest BCUT2D eigenvalue weighted by molar-refractivity contribution is -0.132. The molecule has 1 fully saturated rings. The van der Waals surface area contributed by atoms with Crippen molar-refractivity contribution < 1.29 is 9.18 Å². The third kappa shape index (κ3) is 3.05.